The Balaban J connectivity index is 1.18. The number of carbonyl (C=O) groups is 1. The lowest BCUT2D eigenvalue weighted by molar-refractivity contribution is 0.201. The fourth-order valence-corrected chi connectivity index (χ4v) is 5.17. The molecule has 4 N–H and O–H groups in total. The molecule has 1 unspecified atom stereocenters. The number of anilines is 3. The molecule has 9 nitrogen and oxygen atoms in total. The number of rotatable bonds is 6. The van der Waals surface area contributed by atoms with Crippen molar-refractivity contribution < 1.29 is 4.79 Å². The highest BCUT2D eigenvalue weighted by molar-refractivity contribution is 7.16. The first-order valence-electron chi connectivity index (χ1n) is 12.0. The Kier molecular flexibility index (Phi) is 6.57. The minimum Gasteiger partial charge on any atom is -0.363 e. The second kappa shape index (κ2) is 9.79. The number of nitrogens with zero attached hydrogens (tertiary/aromatic N) is 4. The molecule has 1 aromatic carbocycles. The first kappa shape index (κ1) is 23.5. The van der Waals surface area contributed by atoms with Crippen LogP contribution in [0.15, 0.2) is 41.7 Å². The van der Waals surface area contributed by atoms with E-state index in [2.05, 4.69) is 69.1 Å². The molecule has 3 aromatic rings. The summed E-state index contributed by atoms with van der Waals surface area (Å²) < 4.78 is 1.14. The number of nitrogens with one attached hydrogen (secondary N) is 4. The fourth-order valence-electron chi connectivity index (χ4n) is 4.46. The molecule has 0 radical (unpaired) electrons. The normalized spacial score (nSPS) is 17.6. The molecule has 4 heterocycles. The average molecular weight is 493 g/mol. The third-order valence-corrected chi connectivity index (χ3v) is 7.09. The number of hydrogen-bond acceptors (Lipinski definition) is 8. The zero-order valence-electron chi connectivity index (χ0n) is 20.4. The largest absolute Gasteiger partial charge is 0.363 e. The Morgan fingerprint density at radius 1 is 1.23 bits per heavy atom. The van der Waals surface area contributed by atoms with Crippen molar-refractivity contribution in [2.75, 3.05) is 36.8 Å². The first-order chi connectivity index (χ1) is 16.9. The van der Waals surface area contributed by atoms with Gasteiger partial charge in [0.2, 0.25) is 0 Å². The van der Waals surface area contributed by atoms with E-state index in [1.807, 2.05) is 22.5 Å². The maximum atomic E-state index is 12.5. The summed E-state index contributed by atoms with van der Waals surface area (Å²) in [6, 6.07) is 6.32. The van der Waals surface area contributed by atoms with E-state index in [0.717, 1.165) is 52.5 Å². The van der Waals surface area contributed by atoms with E-state index < -0.39 is 0 Å². The minimum atomic E-state index is -0.00561. The summed E-state index contributed by atoms with van der Waals surface area (Å²) in [6.07, 6.45) is 5.44. The van der Waals surface area contributed by atoms with Gasteiger partial charge in [0.05, 0.1) is 21.8 Å². The van der Waals surface area contributed by atoms with E-state index in [1.165, 1.54) is 5.57 Å². The molecule has 0 fully saturated rings. The van der Waals surface area contributed by atoms with Crippen LogP contribution in [0.1, 0.15) is 32.8 Å². The predicted molar refractivity (Wildman–Crippen MR) is 141 cm³/mol. The van der Waals surface area contributed by atoms with Crippen LogP contribution in [0.5, 0.6) is 0 Å². The van der Waals surface area contributed by atoms with Gasteiger partial charge in [0.25, 0.3) is 0 Å². The summed E-state index contributed by atoms with van der Waals surface area (Å²) in [5.41, 5.74) is 6.31. The third kappa shape index (κ3) is 5.54. The van der Waals surface area contributed by atoms with Crippen molar-refractivity contribution in [2.24, 2.45) is 0 Å². The summed E-state index contributed by atoms with van der Waals surface area (Å²) in [4.78, 5) is 27.7. The molecule has 0 aliphatic carbocycles. The van der Waals surface area contributed by atoms with E-state index in [0.29, 0.717) is 19.6 Å². The maximum absolute atomic E-state index is 12.5. The van der Waals surface area contributed by atoms with Crippen LogP contribution in [0, 0.1) is 0 Å². The van der Waals surface area contributed by atoms with Crippen LogP contribution in [0.25, 0.3) is 10.2 Å². The molecule has 5 rings (SSSR count). The molecule has 10 heteroatoms. The number of amides is 2. The highest BCUT2D eigenvalue weighted by atomic mass is 32.1. The summed E-state index contributed by atoms with van der Waals surface area (Å²) in [5, 5.41) is 13.4. The van der Waals surface area contributed by atoms with Gasteiger partial charge in [-0.1, -0.05) is 6.08 Å². The second-order valence-electron chi connectivity index (χ2n) is 9.99. The lowest BCUT2D eigenvalue weighted by Gasteiger charge is -2.29. The van der Waals surface area contributed by atoms with Crippen molar-refractivity contribution >= 4 is 44.9 Å². The number of fused-ring (bicyclic) bond motifs is 2. The average Bonchev–Trinajstić information content (AvgIpc) is 3.48. The van der Waals surface area contributed by atoms with Gasteiger partial charge in [-0.25, -0.2) is 19.7 Å². The molecular weight excluding hydrogens is 460 g/mol. The van der Waals surface area contributed by atoms with Gasteiger partial charge >= 0.3 is 6.03 Å². The van der Waals surface area contributed by atoms with Crippen molar-refractivity contribution in [1.29, 1.82) is 0 Å². The van der Waals surface area contributed by atoms with Gasteiger partial charge < -0.3 is 26.2 Å². The van der Waals surface area contributed by atoms with Crippen LogP contribution in [0.3, 0.4) is 0 Å². The first-order valence-corrected chi connectivity index (χ1v) is 12.9. The van der Waals surface area contributed by atoms with Gasteiger partial charge in [0.15, 0.2) is 0 Å². The van der Waals surface area contributed by atoms with Crippen LogP contribution in [0.4, 0.5) is 22.1 Å². The molecule has 2 aromatic heterocycles. The highest BCUT2D eigenvalue weighted by Crippen LogP contribution is 2.34. The number of benzene rings is 1. The molecule has 184 valence electrons. The Morgan fingerprint density at radius 2 is 2.11 bits per heavy atom. The van der Waals surface area contributed by atoms with Crippen LogP contribution < -0.4 is 21.3 Å². The van der Waals surface area contributed by atoms with Crippen molar-refractivity contribution in [3.63, 3.8) is 0 Å². The van der Waals surface area contributed by atoms with Crippen molar-refractivity contribution in [1.82, 2.24) is 30.5 Å². The molecule has 0 spiro atoms. The van der Waals surface area contributed by atoms with E-state index >= 15 is 0 Å². The molecule has 0 saturated heterocycles. The van der Waals surface area contributed by atoms with Crippen LogP contribution >= 0.6 is 11.3 Å². The Labute approximate surface area is 209 Å². The maximum Gasteiger partial charge on any atom is 0.317 e. The second-order valence-corrected chi connectivity index (χ2v) is 10.9. The Hall–Kier alpha value is -3.24. The fraction of sp³-hybridized carbons (Fsp3) is 0.440. The Bertz CT molecular complexity index is 1250. The van der Waals surface area contributed by atoms with Gasteiger partial charge in [0, 0.05) is 49.4 Å². The summed E-state index contributed by atoms with van der Waals surface area (Å²) >= 11 is 1.63. The number of hydrogen-bond donors (Lipinski definition) is 4. The standard InChI is InChI=1S/C25H32N8OS/c1-25(2,3)30-9-8-26-24(34)33-10-6-16(7-11-33)20-13-18-22(27-14-28-23(18)32-20)31-17-4-5-19-21(12-17)35-15-29-19/h4-6,12,14-15,20,30H,7-11,13H2,1-3H3,(H,26,34)(H2,27,28,31,32). The monoisotopic (exact) mass is 492 g/mol. The SMILES string of the molecule is CC(C)(C)NCCNC(=O)N1CC=C(C2Cc3c(Nc4ccc5ncsc5c4)ncnc3N2)CC1. The molecule has 2 aliphatic rings. The van der Waals surface area contributed by atoms with Gasteiger partial charge in [0.1, 0.15) is 18.0 Å². The number of urea groups is 1. The summed E-state index contributed by atoms with van der Waals surface area (Å²) in [5.74, 6) is 1.70. The van der Waals surface area contributed by atoms with Crippen molar-refractivity contribution in [2.45, 2.75) is 45.2 Å². The minimum absolute atomic E-state index is 0.00561. The zero-order chi connectivity index (χ0) is 24.4. The molecule has 0 bridgehead atoms. The van der Waals surface area contributed by atoms with E-state index in [4.69, 9.17) is 0 Å². The van der Waals surface area contributed by atoms with Crippen molar-refractivity contribution in [3.8, 4) is 0 Å². The molecule has 0 saturated carbocycles. The smallest absolute Gasteiger partial charge is 0.317 e. The lowest BCUT2D eigenvalue weighted by atomic mass is 9.97. The highest BCUT2D eigenvalue weighted by Gasteiger charge is 2.30. The number of aromatic nitrogens is 3. The number of thiazole rings is 1. The molecular formula is C25H32N8OS. The third-order valence-electron chi connectivity index (χ3n) is 6.29. The van der Waals surface area contributed by atoms with Gasteiger partial charge in [-0.2, -0.15) is 0 Å². The molecule has 1 atom stereocenters. The summed E-state index contributed by atoms with van der Waals surface area (Å²) in [7, 11) is 0. The van der Waals surface area contributed by atoms with Gasteiger partial charge in [-0.3, -0.25) is 0 Å². The van der Waals surface area contributed by atoms with Crippen LogP contribution in [-0.4, -0.2) is 63.6 Å². The van der Waals surface area contributed by atoms with E-state index in [9.17, 15) is 4.79 Å². The lowest BCUT2D eigenvalue weighted by Crippen LogP contribution is -2.46. The summed E-state index contributed by atoms with van der Waals surface area (Å²) in [6.45, 7) is 9.06. The predicted octanol–water partition coefficient (Wildman–Crippen LogP) is 3.90. The quantitative estimate of drug-likeness (QED) is 0.305. The van der Waals surface area contributed by atoms with Crippen LogP contribution in [-0.2, 0) is 6.42 Å². The van der Waals surface area contributed by atoms with Gasteiger partial charge in [-0.15, -0.1) is 11.3 Å². The molecule has 2 aliphatic heterocycles. The molecule has 35 heavy (non-hydrogen) atoms. The number of carbonyl (C=O) groups excluding carboxylic acids is 1. The topological polar surface area (TPSA) is 107 Å². The van der Waals surface area contributed by atoms with Crippen molar-refractivity contribution in [3.05, 3.63) is 47.2 Å². The Morgan fingerprint density at radius 3 is 2.91 bits per heavy atom. The van der Waals surface area contributed by atoms with E-state index in [-0.39, 0.29) is 17.6 Å². The zero-order valence-corrected chi connectivity index (χ0v) is 21.2. The van der Waals surface area contributed by atoms with Gasteiger partial charge in [-0.05, 0) is 51.0 Å². The molecule has 2 amide bonds. The van der Waals surface area contributed by atoms with E-state index in [1.54, 1.807) is 17.7 Å². The van der Waals surface area contributed by atoms with Crippen LogP contribution in [0.2, 0.25) is 0 Å².